The number of hydrogen-bond acceptors (Lipinski definition) is 3. The highest BCUT2D eigenvalue weighted by Crippen LogP contribution is 2.25. The van der Waals surface area contributed by atoms with Crippen molar-refractivity contribution in [2.24, 2.45) is 0 Å². The van der Waals surface area contributed by atoms with Gasteiger partial charge in [-0.05, 0) is 24.3 Å². The molecule has 0 aromatic heterocycles. The van der Waals surface area contributed by atoms with Crippen molar-refractivity contribution in [3.05, 3.63) is 0 Å². The van der Waals surface area contributed by atoms with Crippen molar-refractivity contribution in [2.75, 3.05) is 18.1 Å². The number of thioether (sulfide) groups is 1. The van der Waals surface area contributed by atoms with Crippen LogP contribution in [0.15, 0.2) is 0 Å². The van der Waals surface area contributed by atoms with Crippen LogP contribution in [0, 0.1) is 0 Å². The van der Waals surface area contributed by atoms with Crippen LogP contribution in [0.2, 0.25) is 0 Å². The zero-order valence-corrected chi connectivity index (χ0v) is 19.9. The van der Waals surface area contributed by atoms with Crippen LogP contribution in [0.25, 0.3) is 0 Å². The summed E-state index contributed by atoms with van der Waals surface area (Å²) in [4.78, 5) is 21.6. The van der Waals surface area contributed by atoms with Gasteiger partial charge in [-0.3, -0.25) is 0 Å². The fourth-order valence-electron chi connectivity index (χ4n) is 3.02. The van der Waals surface area contributed by atoms with Gasteiger partial charge in [0.15, 0.2) is 0 Å². The molecule has 0 fully saturated rings. The van der Waals surface area contributed by atoms with E-state index >= 15 is 0 Å². The highest BCUT2D eigenvalue weighted by molar-refractivity contribution is 7.99. The molecule has 0 unspecified atom stereocenters. The molecule has 0 rings (SSSR count). The summed E-state index contributed by atoms with van der Waals surface area (Å²) in [5.74, 6) is 2.42. The van der Waals surface area contributed by atoms with E-state index in [1.807, 2.05) is 11.8 Å². The molecule has 0 aliphatic carbocycles. The normalized spacial score (nSPS) is 11.3. The third-order valence-corrected chi connectivity index (χ3v) is 5.74. The summed E-state index contributed by atoms with van der Waals surface area (Å²) in [5, 5.41) is 8.70. The molecule has 0 aliphatic heterocycles. The van der Waals surface area contributed by atoms with Gasteiger partial charge in [0.25, 0.3) is 0 Å². The first-order valence-corrected chi connectivity index (χ1v) is 14.1. The monoisotopic (exact) mass is 442 g/mol. The lowest BCUT2D eigenvalue weighted by Gasteiger charge is -2.03. The number of phosphoric acid groups is 1. The highest BCUT2D eigenvalue weighted by Gasteiger charge is 2.00. The molecular weight excluding hydrogens is 395 g/mol. The van der Waals surface area contributed by atoms with Gasteiger partial charge in [0.2, 0.25) is 0 Å². The predicted octanol–water partition coefficient (Wildman–Crippen LogP) is 6.43. The maximum atomic E-state index is 8.88. The van der Waals surface area contributed by atoms with Gasteiger partial charge in [0.05, 0.1) is 0 Å². The number of aliphatic hydroxyl groups excluding tert-OH is 1. The molecule has 7 heteroatoms. The second-order valence-electron chi connectivity index (χ2n) is 7.51. The zero-order valence-electron chi connectivity index (χ0n) is 18.2. The Balaban J connectivity index is 0. The van der Waals surface area contributed by atoms with E-state index < -0.39 is 7.82 Å². The second-order valence-corrected chi connectivity index (χ2v) is 9.76. The Kier molecular flexibility index (Phi) is 27.8. The van der Waals surface area contributed by atoms with Crippen LogP contribution >= 0.6 is 19.6 Å². The van der Waals surface area contributed by atoms with E-state index in [1.165, 1.54) is 108 Å². The van der Waals surface area contributed by atoms with Gasteiger partial charge in [0, 0.05) is 6.61 Å². The molecule has 0 heterocycles. The van der Waals surface area contributed by atoms with Crippen molar-refractivity contribution in [1.82, 2.24) is 0 Å². The number of hydrogen-bond donors (Lipinski definition) is 4. The van der Waals surface area contributed by atoms with Crippen LogP contribution in [0.1, 0.15) is 116 Å². The summed E-state index contributed by atoms with van der Waals surface area (Å²) in [7, 11) is -4.64. The van der Waals surface area contributed by atoms with E-state index in [0.717, 1.165) is 12.2 Å². The second kappa shape index (κ2) is 25.5. The molecule has 0 amide bonds. The molecule has 0 saturated carbocycles. The molecule has 0 atom stereocenters. The number of aliphatic hydroxyl groups is 1. The molecule has 0 aromatic rings. The lowest BCUT2D eigenvalue weighted by atomic mass is 10.0. The maximum absolute atomic E-state index is 8.88. The van der Waals surface area contributed by atoms with E-state index in [4.69, 9.17) is 24.4 Å². The maximum Gasteiger partial charge on any atom is 0.466 e. The van der Waals surface area contributed by atoms with Gasteiger partial charge >= 0.3 is 7.82 Å². The Morgan fingerprint density at radius 2 is 0.857 bits per heavy atom. The summed E-state index contributed by atoms with van der Waals surface area (Å²) < 4.78 is 8.88. The minimum Gasteiger partial charge on any atom is -0.396 e. The van der Waals surface area contributed by atoms with Crippen LogP contribution < -0.4 is 0 Å². The van der Waals surface area contributed by atoms with Crippen LogP contribution in [0.5, 0.6) is 0 Å². The average Bonchev–Trinajstić information content (AvgIpc) is 2.62. The fraction of sp³-hybridized carbons (Fsp3) is 1.00. The number of unbranched alkanes of at least 4 members (excludes halogenated alkanes) is 15. The van der Waals surface area contributed by atoms with E-state index in [0.29, 0.717) is 6.61 Å². The minimum atomic E-state index is -4.64. The summed E-state index contributed by atoms with van der Waals surface area (Å²) in [5.41, 5.74) is 0. The topological polar surface area (TPSA) is 98.0 Å². The predicted molar refractivity (Wildman–Crippen MR) is 123 cm³/mol. The SMILES string of the molecule is CCCCCCCCCCCCCCCCCCSCCCO.O=P(O)(O)O. The minimum absolute atomic E-state index is 0.353. The zero-order chi connectivity index (χ0) is 21.3. The van der Waals surface area contributed by atoms with Crippen molar-refractivity contribution < 1.29 is 24.4 Å². The van der Waals surface area contributed by atoms with Crippen molar-refractivity contribution in [3.8, 4) is 0 Å². The molecule has 172 valence electrons. The third-order valence-electron chi connectivity index (χ3n) is 4.59. The van der Waals surface area contributed by atoms with Gasteiger partial charge in [-0.2, -0.15) is 11.8 Å². The first kappa shape index (κ1) is 30.6. The molecule has 0 bridgehead atoms. The molecule has 0 radical (unpaired) electrons. The molecule has 0 aliphatic rings. The quantitative estimate of drug-likeness (QED) is 0.128. The van der Waals surface area contributed by atoms with Gasteiger partial charge in [-0.25, -0.2) is 4.57 Å². The molecule has 4 N–H and O–H groups in total. The Bertz CT molecular complexity index is 298. The smallest absolute Gasteiger partial charge is 0.396 e. The Labute approximate surface area is 178 Å². The summed E-state index contributed by atoms with van der Waals surface area (Å²) in [6, 6.07) is 0. The first-order chi connectivity index (χ1) is 13.4. The van der Waals surface area contributed by atoms with E-state index in [2.05, 4.69) is 6.92 Å². The van der Waals surface area contributed by atoms with Gasteiger partial charge in [-0.15, -0.1) is 0 Å². The molecule has 5 nitrogen and oxygen atoms in total. The van der Waals surface area contributed by atoms with Crippen LogP contribution in [-0.2, 0) is 4.57 Å². The lowest BCUT2D eigenvalue weighted by Crippen LogP contribution is -1.88. The third kappa shape index (κ3) is 40.9. The van der Waals surface area contributed by atoms with Gasteiger partial charge in [0.1, 0.15) is 0 Å². The average molecular weight is 443 g/mol. The highest BCUT2D eigenvalue weighted by atomic mass is 32.2. The van der Waals surface area contributed by atoms with Crippen molar-refractivity contribution in [1.29, 1.82) is 0 Å². The molecule has 28 heavy (non-hydrogen) atoms. The van der Waals surface area contributed by atoms with E-state index in [9.17, 15) is 0 Å². The molecular formula is C21H47O5PS. The largest absolute Gasteiger partial charge is 0.466 e. The molecule has 0 spiro atoms. The fourth-order valence-corrected chi connectivity index (χ4v) is 3.97. The van der Waals surface area contributed by atoms with E-state index in [-0.39, 0.29) is 0 Å². The van der Waals surface area contributed by atoms with E-state index in [1.54, 1.807) is 0 Å². The van der Waals surface area contributed by atoms with Gasteiger partial charge < -0.3 is 19.8 Å². The summed E-state index contributed by atoms with van der Waals surface area (Å²) >= 11 is 2.00. The Morgan fingerprint density at radius 3 is 1.18 bits per heavy atom. The van der Waals surface area contributed by atoms with Crippen LogP contribution in [-0.4, -0.2) is 37.9 Å². The van der Waals surface area contributed by atoms with Crippen molar-refractivity contribution in [2.45, 2.75) is 116 Å². The molecule has 0 aromatic carbocycles. The first-order valence-electron chi connectivity index (χ1n) is 11.4. The van der Waals surface area contributed by atoms with Crippen LogP contribution in [0.4, 0.5) is 0 Å². The van der Waals surface area contributed by atoms with Crippen molar-refractivity contribution >= 4 is 19.6 Å². The Hall–Kier alpha value is 0.420. The standard InChI is InChI=1S/C21H44OS.H3O4P/c1-2-3-4-5-6-7-8-9-10-11-12-13-14-15-16-17-20-23-21-18-19-22;1-5(2,3)4/h22H,2-21H2,1H3;(H3,1,2,3,4). The van der Waals surface area contributed by atoms with Crippen LogP contribution in [0.3, 0.4) is 0 Å². The Morgan fingerprint density at radius 1 is 0.571 bits per heavy atom. The summed E-state index contributed by atoms with van der Waals surface area (Å²) in [6.45, 7) is 2.64. The lowest BCUT2D eigenvalue weighted by molar-refractivity contribution is 0.275. The summed E-state index contributed by atoms with van der Waals surface area (Å²) in [6.07, 6.45) is 24.1. The van der Waals surface area contributed by atoms with Crippen molar-refractivity contribution in [3.63, 3.8) is 0 Å². The van der Waals surface area contributed by atoms with Gasteiger partial charge in [-0.1, -0.05) is 103 Å². The number of rotatable bonds is 20. The molecule has 0 saturated heterocycles.